The van der Waals surface area contributed by atoms with Crippen LogP contribution in [0.5, 0.6) is 5.75 Å². The van der Waals surface area contributed by atoms with Gasteiger partial charge in [-0.05, 0) is 48.0 Å². The zero-order valence-electron chi connectivity index (χ0n) is 17.1. The van der Waals surface area contributed by atoms with Gasteiger partial charge in [-0.25, -0.2) is 9.29 Å². The van der Waals surface area contributed by atoms with Gasteiger partial charge >= 0.3 is 6.18 Å². The third-order valence-corrected chi connectivity index (χ3v) is 4.99. The van der Waals surface area contributed by atoms with E-state index in [1.54, 1.807) is 12.1 Å². The number of nitrogens with one attached hydrogen (secondary N) is 1. The summed E-state index contributed by atoms with van der Waals surface area (Å²) in [4.78, 5) is 27.5. The van der Waals surface area contributed by atoms with E-state index in [0.717, 1.165) is 29.2 Å². The summed E-state index contributed by atoms with van der Waals surface area (Å²) in [6.45, 7) is 0. The number of amides is 2. The molecule has 2 amide bonds. The first kappa shape index (κ1) is 22.1. The van der Waals surface area contributed by atoms with Crippen LogP contribution < -0.4 is 15.0 Å². The highest BCUT2D eigenvalue weighted by atomic mass is 19.4. The first-order chi connectivity index (χ1) is 15.7. The summed E-state index contributed by atoms with van der Waals surface area (Å²) in [5.74, 6) is -1.64. The summed E-state index contributed by atoms with van der Waals surface area (Å²) in [7, 11) is 1.43. The number of ether oxygens (including phenoxy) is 1. The number of carbonyl (C=O) groups excluding carboxylic acids is 2. The standard InChI is InChI=1S/C24H16F4N2O3/c1-33-19-7-3-6-18(13-19)30-22(31)20(14-8-10-16(25)11-9-14)21(23(30)32)29-17-5-2-4-15(12-17)24(26,27)28/h2-13,29H,1H3. The van der Waals surface area contributed by atoms with Crippen LogP contribution in [0.15, 0.2) is 78.5 Å². The molecule has 0 aliphatic carbocycles. The van der Waals surface area contributed by atoms with Gasteiger partial charge in [0.2, 0.25) is 0 Å². The van der Waals surface area contributed by atoms with E-state index in [2.05, 4.69) is 5.32 Å². The molecule has 33 heavy (non-hydrogen) atoms. The van der Waals surface area contributed by atoms with Crippen molar-refractivity contribution >= 4 is 28.8 Å². The van der Waals surface area contributed by atoms with Crippen LogP contribution in [0, 0.1) is 5.82 Å². The van der Waals surface area contributed by atoms with Crippen LogP contribution >= 0.6 is 0 Å². The number of anilines is 2. The molecule has 0 fully saturated rings. The van der Waals surface area contributed by atoms with Crippen LogP contribution in [0.3, 0.4) is 0 Å². The lowest BCUT2D eigenvalue weighted by atomic mass is 10.0. The molecule has 5 nitrogen and oxygen atoms in total. The van der Waals surface area contributed by atoms with Gasteiger partial charge in [0.25, 0.3) is 11.8 Å². The average molecular weight is 456 g/mol. The van der Waals surface area contributed by atoms with Gasteiger partial charge in [-0.3, -0.25) is 9.59 Å². The Morgan fingerprint density at radius 2 is 1.58 bits per heavy atom. The van der Waals surface area contributed by atoms with E-state index < -0.39 is 29.4 Å². The SMILES string of the molecule is COc1cccc(N2C(=O)C(Nc3cccc(C(F)(F)F)c3)=C(c3ccc(F)cc3)C2=O)c1. The molecule has 1 N–H and O–H groups in total. The Balaban J connectivity index is 1.81. The van der Waals surface area contributed by atoms with Crippen LogP contribution in [0.4, 0.5) is 28.9 Å². The number of alkyl halides is 3. The largest absolute Gasteiger partial charge is 0.497 e. The number of rotatable bonds is 5. The zero-order valence-corrected chi connectivity index (χ0v) is 17.1. The lowest BCUT2D eigenvalue weighted by molar-refractivity contribution is -0.137. The van der Waals surface area contributed by atoms with Crippen molar-refractivity contribution in [2.24, 2.45) is 0 Å². The van der Waals surface area contributed by atoms with Crippen molar-refractivity contribution in [3.63, 3.8) is 0 Å². The van der Waals surface area contributed by atoms with E-state index in [9.17, 15) is 27.2 Å². The fourth-order valence-corrected chi connectivity index (χ4v) is 3.43. The number of benzene rings is 3. The quantitative estimate of drug-likeness (QED) is 0.421. The first-order valence-corrected chi connectivity index (χ1v) is 9.66. The third kappa shape index (κ3) is 4.30. The van der Waals surface area contributed by atoms with E-state index in [1.807, 2.05) is 0 Å². The Hall–Kier alpha value is -4.14. The van der Waals surface area contributed by atoms with Crippen LogP contribution in [-0.4, -0.2) is 18.9 Å². The molecule has 0 unspecified atom stereocenters. The highest BCUT2D eigenvalue weighted by Gasteiger charge is 2.40. The number of carbonyl (C=O) groups is 2. The van der Waals surface area contributed by atoms with Crippen molar-refractivity contribution in [1.82, 2.24) is 0 Å². The summed E-state index contributed by atoms with van der Waals surface area (Å²) in [6, 6.07) is 15.4. The summed E-state index contributed by atoms with van der Waals surface area (Å²) >= 11 is 0. The van der Waals surface area contributed by atoms with E-state index in [4.69, 9.17) is 4.74 Å². The van der Waals surface area contributed by atoms with Gasteiger partial charge in [-0.15, -0.1) is 0 Å². The smallest absolute Gasteiger partial charge is 0.416 e. The fraction of sp³-hybridized carbons (Fsp3) is 0.0833. The number of hydrogen-bond donors (Lipinski definition) is 1. The Bertz CT molecular complexity index is 1270. The van der Waals surface area contributed by atoms with Gasteiger partial charge in [0.1, 0.15) is 17.3 Å². The van der Waals surface area contributed by atoms with Crippen LogP contribution in [0.2, 0.25) is 0 Å². The summed E-state index contributed by atoms with van der Waals surface area (Å²) in [5, 5.41) is 2.67. The highest BCUT2D eigenvalue weighted by Crippen LogP contribution is 2.36. The molecular weight excluding hydrogens is 440 g/mol. The van der Waals surface area contributed by atoms with Crippen LogP contribution in [-0.2, 0) is 15.8 Å². The maximum Gasteiger partial charge on any atom is 0.416 e. The summed E-state index contributed by atoms with van der Waals surface area (Å²) in [5.41, 5.74) is -0.834. The molecule has 1 aliphatic rings. The number of hydrogen-bond acceptors (Lipinski definition) is 4. The second kappa shape index (κ2) is 8.42. The molecule has 3 aromatic rings. The Labute approximate surface area is 185 Å². The molecule has 0 bridgehead atoms. The van der Waals surface area contributed by atoms with Crippen LogP contribution in [0.25, 0.3) is 5.57 Å². The van der Waals surface area contributed by atoms with Gasteiger partial charge in [-0.1, -0.05) is 24.3 Å². The van der Waals surface area contributed by atoms with Gasteiger partial charge in [0, 0.05) is 11.8 Å². The molecule has 3 aromatic carbocycles. The minimum Gasteiger partial charge on any atom is -0.497 e. The van der Waals surface area contributed by atoms with Crippen molar-refractivity contribution in [2.75, 3.05) is 17.3 Å². The molecule has 168 valence electrons. The number of imide groups is 1. The number of halogens is 4. The second-order valence-corrected chi connectivity index (χ2v) is 7.11. The number of methoxy groups -OCH3 is 1. The molecule has 9 heteroatoms. The maximum atomic E-state index is 13.5. The molecule has 4 rings (SSSR count). The van der Waals surface area contributed by atoms with Crippen molar-refractivity contribution < 1.29 is 31.9 Å². The van der Waals surface area contributed by atoms with E-state index >= 15 is 0 Å². The molecule has 0 aromatic heterocycles. The van der Waals surface area contributed by atoms with Gasteiger partial charge < -0.3 is 10.1 Å². The first-order valence-electron chi connectivity index (χ1n) is 9.66. The molecule has 1 aliphatic heterocycles. The predicted octanol–water partition coefficient (Wildman–Crippen LogP) is 5.25. The minimum atomic E-state index is -4.59. The lowest BCUT2D eigenvalue weighted by Crippen LogP contribution is -2.32. The molecule has 1 heterocycles. The third-order valence-electron chi connectivity index (χ3n) is 4.99. The molecular formula is C24H16F4N2O3. The topological polar surface area (TPSA) is 58.6 Å². The van der Waals surface area contributed by atoms with Crippen molar-refractivity contribution in [3.8, 4) is 5.75 Å². The van der Waals surface area contributed by atoms with Gasteiger partial charge in [-0.2, -0.15) is 13.2 Å². The monoisotopic (exact) mass is 456 g/mol. The number of nitrogens with zero attached hydrogens (tertiary/aromatic N) is 1. The van der Waals surface area contributed by atoms with Gasteiger partial charge in [0.05, 0.1) is 23.9 Å². The molecule has 0 spiro atoms. The minimum absolute atomic E-state index is 0.0342. The van der Waals surface area contributed by atoms with E-state index in [0.29, 0.717) is 5.75 Å². The highest BCUT2D eigenvalue weighted by molar-refractivity contribution is 6.46. The van der Waals surface area contributed by atoms with Crippen molar-refractivity contribution in [2.45, 2.75) is 6.18 Å². The Morgan fingerprint density at radius 1 is 0.879 bits per heavy atom. The molecule has 0 saturated heterocycles. The summed E-state index contributed by atoms with van der Waals surface area (Å²) in [6.07, 6.45) is -4.59. The molecule has 0 radical (unpaired) electrons. The lowest BCUT2D eigenvalue weighted by Gasteiger charge is -2.16. The molecule has 0 atom stereocenters. The van der Waals surface area contributed by atoms with Crippen molar-refractivity contribution in [1.29, 1.82) is 0 Å². The van der Waals surface area contributed by atoms with Gasteiger partial charge in [0.15, 0.2) is 0 Å². The van der Waals surface area contributed by atoms with E-state index in [1.165, 1.54) is 43.5 Å². The van der Waals surface area contributed by atoms with E-state index in [-0.39, 0.29) is 28.2 Å². The second-order valence-electron chi connectivity index (χ2n) is 7.11. The zero-order chi connectivity index (χ0) is 23.8. The Kier molecular flexibility index (Phi) is 5.63. The van der Waals surface area contributed by atoms with Crippen LogP contribution in [0.1, 0.15) is 11.1 Å². The predicted molar refractivity (Wildman–Crippen MR) is 114 cm³/mol. The average Bonchev–Trinajstić information content (AvgIpc) is 3.03. The fourth-order valence-electron chi connectivity index (χ4n) is 3.43. The molecule has 0 saturated carbocycles. The summed E-state index contributed by atoms with van der Waals surface area (Å²) < 4.78 is 58.0. The normalized spacial score (nSPS) is 14.2. The van der Waals surface area contributed by atoms with Crippen molar-refractivity contribution in [3.05, 3.63) is 95.4 Å². The maximum absolute atomic E-state index is 13.5. The Morgan fingerprint density at radius 3 is 2.24 bits per heavy atom.